The zero-order valence-electron chi connectivity index (χ0n) is 15.8. The monoisotopic (exact) mass is 470 g/mol. The third kappa shape index (κ3) is 5.31. The minimum absolute atomic E-state index is 0.0821. The van der Waals surface area contributed by atoms with Crippen LogP contribution >= 0.6 is 15.9 Å². The topological polar surface area (TPSA) is 67.4 Å². The largest absolute Gasteiger partial charge is 0.381 e. The third-order valence-electron chi connectivity index (χ3n) is 4.81. The van der Waals surface area contributed by atoms with Crippen LogP contribution in [0.1, 0.15) is 30.1 Å². The summed E-state index contributed by atoms with van der Waals surface area (Å²) in [5.41, 5.74) is 1.17. The zero-order valence-corrected chi connectivity index (χ0v) is 18.2. The van der Waals surface area contributed by atoms with Crippen molar-refractivity contribution in [2.75, 3.05) is 25.5 Å². The molecule has 0 radical (unpaired) electrons. The summed E-state index contributed by atoms with van der Waals surface area (Å²) in [6.07, 6.45) is 0.545. The maximum absolute atomic E-state index is 13.9. The summed E-state index contributed by atoms with van der Waals surface area (Å²) in [6.45, 7) is 2.19. The highest BCUT2D eigenvalue weighted by molar-refractivity contribution is 9.10. The minimum Gasteiger partial charge on any atom is -0.381 e. The van der Waals surface area contributed by atoms with Gasteiger partial charge in [-0.2, -0.15) is 0 Å². The van der Waals surface area contributed by atoms with E-state index in [9.17, 15) is 12.8 Å². The molecule has 1 aliphatic rings. The number of benzene rings is 2. The van der Waals surface area contributed by atoms with E-state index in [-0.39, 0.29) is 17.5 Å². The Morgan fingerprint density at radius 1 is 1.21 bits per heavy atom. The van der Waals surface area contributed by atoms with E-state index in [0.717, 1.165) is 15.6 Å². The van der Waals surface area contributed by atoms with E-state index in [1.807, 2.05) is 31.2 Å². The summed E-state index contributed by atoms with van der Waals surface area (Å²) in [6, 6.07) is 12.8. The number of rotatable bonds is 9. The van der Waals surface area contributed by atoms with Crippen LogP contribution in [0.15, 0.2) is 51.8 Å². The van der Waals surface area contributed by atoms with E-state index in [2.05, 4.69) is 26.0 Å². The predicted octanol–water partition coefficient (Wildman–Crippen LogP) is 4.34. The number of alkyl halides is 1. The Morgan fingerprint density at radius 3 is 2.50 bits per heavy atom. The number of nitrogens with one attached hydrogen (secondary N) is 2. The summed E-state index contributed by atoms with van der Waals surface area (Å²) >= 11 is 3.37. The number of ether oxygens (including phenoxy) is 1. The molecule has 1 saturated carbocycles. The average molecular weight is 471 g/mol. The number of hydrogen-bond acceptors (Lipinski definition) is 4. The van der Waals surface area contributed by atoms with Crippen molar-refractivity contribution in [3.63, 3.8) is 0 Å². The molecular formula is C20H24BrFN2O3S. The fourth-order valence-electron chi connectivity index (χ4n) is 2.81. The standard InChI is InChI=1S/C20H24BrFN2O3S/c1-14-3-5-15(6-4-14)18(27-2)12-23-17-11-16(21)7-8-19(17)28(25,26)24-13-20(22)9-10-20/h3-8,11,18,23-24H,9-10,12-13H2,1-2H3. The fraction of sp³-hybridized carbons (Fsp3) is 0.400. The van der Waals surface area contributed by atoms with Crippen LogP contribution in [0.2, 0.25) is 0 Å². The molecule has 0 aromatic heterocycles. The van der Waals surface area contributed by atoms with Crippen LogP contribution in [0, 0.1) is 6.92 Å². The summed E-state index contributed by atoms with van der Waals surface area (Å²) in [5, 5.41) is 3.17. The van der Waals surface area contributed by atoms with Crippen LogP contribution < -0.4 is 10.0 Å². The highest BCUT2D eigenvalue weighted by Gasteiger charge is 2.44. The highest BCUT2D eigenvalue weighted by atomic mass is 79.9. The molecule has 3 rings (SSSR count). The van der Waals surface area contributed by atoms with Crippen LogP contribution in [0.3, 0.4) is 0 Å². The first kappa shape index (κ1) is 21.2. The minimum atomic E-state index is -3.84. The average Bonchev–Trinajstić information content (AvgIpc) is 3.40. The van der Waals surface area contributed by atoms with Crippen LogP contribution in [-0.4, -0.2) is 34.3 Å². The smallest absolute Gasteiger partial charge is 0.242 e. The van der Waals surface area contributed by atoms with Crippen LogP contribution in [0.25, 0.3) is 0 Å². The molecule has 8 heteroatoms. The first-order valence-electron chi connectivity index (χ1n) is 9.04. The first-order chi connectivity index (χ1) is 13.2. The van der Waals surface area contributed by atoms with Crippen molar-refractivity contribution in [2.45, 2.75) is 36.4 Å². The van der Waals surface area contributed by atoms with Gasteiger partial charge >= 0.3 is 0 Å². The lowest BCUT2D eigenvalue weighted by molar-refractivity contribution is 0.114. The van der Waals surface area contributed by atoms with Crippen molar-refractivity contribution in [2.24, 2.45) is 0 Å². The van der Waals surface area contributed by atoms with Crippen LogP contribution in [0.5, 0.6) is 0 Å². The Hall–Kier alpha value is -1.48. The molecule has 2 N–H and O–H groups in total. The van der Waals surface area contributed by atoms with E-state index in [1.54, 1.807) is 19.2 Å². The molecule has 1 atom stereocenters. The Bertz CT molecular complexity index is 931. The quantitative estimate of drug-likeness (QED) is 0.571. The second kappa shape index (κ2) is 8.49. The zero-order chi connectivity index (χ0) is 20.4. The molecule has 0 amide bonds. The lowest BCUT2D eigenvalue weighted by Crippen LogP contribution is -2.31. The molecular weight excluding hydrogens is 447 g/mol. The van der Waals surface area contributed by atoms with Gasteiger partial charge in [-0.1, -0.05) is 45.8 Å². The van der Waals surface area contributed by atoms with Crippen molar-refractivity contribution < 1.29 is 17.5 Å². The fourth-order valence-corrected chi connectivity index (χ4v) is 4.44. The van der Waals surface area contributed by atoms with Gasteiger partial charge in [0.2, 0.25) is 10.0 Å². The van der Waals surface area contributed by atoms with Gasteiger partial charge in [-0.15, -0.1) is 0 Å². The van der Waals surface area contributed by atoms with Gasteiger partial charge in [0.25, 0.3) is 0 Å². The molecule has 1 unspecified atom stereocenters. The number of aryl methyl sites for hydroxylation is 1. The molecule has 0 bridgehead atoms. The van der Waals surface area contributed by atoms with Gasteiger partial charge in [0, 0.05) is 24.7 Å². The van der Waals surface area contributed by atoms with E-state index < -0.39 is 15.7 Å². The van der Waals surface area contributed by atoms with Crippen LogP contribution in [0.4, 0.5) is 10.1 Å². The van der Waals surface area contributed by atoms with E-state index in [0.29, 0.717) is 25.1 Å². The van der Waals surface area contributed by atoms with E-state index in [1.165, 1.54) is 6.07 Å². The van der Waals surface area contributed by atoms with Crippen molar-refractivity contribution in [3.05, 3.63) is 58.1 Å². The molecule has 0 spiro atoms. The maximum atomic E-state index is 13.9. The third-order valence-corrected chi connectivity index (χ3v) is 6.77. The highest BCUT2D eigenvalue weighted by Crippen LogP contribution is 2.39. The molecule has 0 aliphatic heterocycles. The van der Waals surface area contributed by atoms with Gasteiger partial charge in [0.05, 0.1) is 11.8 Å². The first-order valence-corrected chi connectivity index (χ1v) is 11.3. The molecule has 2 aromatic rings. The molecule has 1 fully saturated rings. The van der Waals surface area contributed by atoms with Crippen molar-refractivity contribution in [1.29, 1.82) is 0 Å². The number of methoxy groups -OCH3 is 1. The molecule has 0 saturated heterocycles. The summed E-state index contributed by atoms with van der Waals surface area (Å²) in [4.78, 5) is 0.0821. The number of anilines is 1. The second-order valence-corrected chi connectivity index (χ2v) is 9.78. The molecule has 0 heterocycles. The van der Waals surface area contributed by atoms with Gasteiger partial charge < -0.3 is 10.1 Å². The number of sulfonamides is 1. The Balaban J connectivity index is 1.77. The van der Waals surface area contributed by atoms with Gasteiger partial charge in [-0.25, -0.2) is 17.5 Å². The van der Waals surface area contributed by atoms with Crippen LogP contribution in [-0.2, 0) is 14.8 Å². The summed E-state index contributed by atoms with van der Waals surface area (Å²) in [7, 11) is -2.23. The van der Waals surface area contributed by atoms with Gasteiger partial charge in [-0.3, -0.25) is 0 Å². The Kier molecular flexibility index (Phi) is 6.44. The van der Waals surface area contributed by atoms with Gasteiger partial charge in [0.1, 0.15) is 10.6 Å². The second-order valence-electron chi connectivity index (χ2n) is 7.13. The summed E-state index contributed by atoms with van der Waals surface area (Å²) in [5.74, 6) is 0. The van der Waals surface area contributed by atoms with Gasteiger partial charge in [0.15, 0.2) is 0 Å². The Morgan fingerprint density at radius 2 is 1.89 bits per heavy atom. The van der Waals surface area contributed by atoms with E-state index in [4.69, 9.17) is 4.74 Å². The lowest BCUT2D eigenvalue weighted by atomic mass is 10.1. The van der Waals surface area contributed by atoms with Crippen molar-refractivity contribution in [1.82, 2.24) is 4.72 Å². The van der Waals surface area contributed by atoms with Crippen molar-refractivity contribution >= 4 is 31.6 Å². The van der Waals surface area contributed by atoms with Crippen molar-refractivity contribution in [3.8, 4) is 0 Å². The van der Waals surface area contributed by atoms with E-state index >= 15 is 0 Å². The molecule has 28 heavy (non-hydrogen) atoms. The Labute approximate surface area is 173 Å². The van der Waals surface area contributed by atoms with Gasteiger partial charge in [-0.05, 0) is 43.5 Å². The number of hydrogen-bond donors (Lipinski definition) is 2. The molecule has 152 valence electrons. The normalized spacial score (nSPS) is 16.6. The summed E-state index contributed by atoms with van der Waals surface area (Å²) < 4.78 is 47.9. The number of halogens is 2. The lowest BCUT2D eigenvalue weighted by Gasteiger charge is -2.20. The maximum Gasteiger partial charge on any atom is 0.242 e. The molecule has 2 aromatic carbocycles. The predicted molar refractivity (Wildman–Crippen MR) is 112 cm³/mol. The SMILES string of the molecule is COC(CNc1cc(Br)ccc1S(=O)(=O)NCC1(F)CC1)c1ccc(C)cc1. The molecule has 5 nitrogen and oxygen atoms in total. The molecule has 1 aliphatic carbocycles.